The highest BCUT2D eigenvalue weighted by Crippen LogP contribution is 2.42. The fraction of sp³-hybridized carbons (Fsp3) is 0.562. The molecule has 6 nitrogen and oxygen atoms in total. The van der Waals surface area contributed by atoms with Crippen molar-refractivity contribution in [1.82, 2.24) is 19.7 Å². The number of fused-ring (bicyclic) bond motifs is 1. The zero-order chi connectivity index (χ0) is 17.6. The summed E-state index contributed by atoms with van der Waals surface area (Å²) in [6.45, 7) is 1.16. The molecule has 2 aromatic heterocycles. The van der Waals surface area contributed by atoms with Crippen molar-refractivity contribution in [1.29, 1.82) is 0 Å². The van der Waals surface area contributed by atoms with E-state index < -0.39 is 18.0 Å². The number of aromatic nitrogens is 4. The Balaban J connectivity index is 1.52. The van der Waals surface area contributed by atoms with Gasteiger partial charge in [0.25, 0.3) is 0 Å². The van der Waals surface area contributed by atoms with Gasteiger partial charge in [-0.25, -0.2) is 9.97 Å². The Morgan fingerprint density at radius 1 is 1.12 bits per heavy atom. The van der Waals surface area contributed by atoms with E-state index >= 15 is 0 Å². The molecule has 1 N–H and O–H groups in total. The van der Waals surface area contributed by atoms with Crippen molar-refractivity contribution in [3.63, 3.8) is 0 Å². The van der Waals surface area contributed by atoms with Crippen molar-refractivity contribution in [2.24, 2.45) is 11.8 Å². The van der Waals surface area contributed by atoms with Crippen LogP contribution < -0.4 is 4.90 Å². The summed E-state index contributed by atoms with van der Waals surface area (Å²) < 4.78 is 40.3. The number of halogens is 3. The van der Waals surface area contributed by atoms with Gasteiger partial charge in [0, 0.05) is 31.7 Å². The average molecular weight is 353 g/mol. The second kappa shape index (κ2) is 5.98. The fourth-order valence-corrected chi connectivity index (χ4v) is 3.99. The maximum absolute atomic E-state index is 12.9. The van der Waals surface area contributed by atoms with Crippen molar-refractivity contribution in [2.45, 2.75) is 31.2 Å². The highest BCUT2D eigenvalue weighted by atomic mass is 19.4. The molecule has 4 atom stereocenters. The van der Waals surface area contributed by atoms with Crippen molar-refractivity contribution >= 4 is 5.95 Å². The van der Waals surface area contributed by atoms with E-state index in [0.717, 1.165) is 18.7 Å². The molecule has 134 valence electrons. The number of aliphatic hydroxyl groups excluding tert-OH is 1. The normalized spacial score (nSPS) is 29.7. The summed E-state index contributed by atoms with van der Waals surface area (Å²) in [6.07, 6.45) is 1.00. The Morgan fingerprint density at radius 2 is 1.88 bits per heavy atom. The first-order valence-corrected chi connectivity index (χ1v) is 8.24. The highest BCUT2D eigenvalue weighted by molar-refractivity contribution is 5.33. The highest BCUT2D eigenvalue weighted by Gasteiger charge is 2.43. The smallest absolute Gasteiger partial charge is 0.391 e. The van der Waals surface area contributed by atoms with Gasteiger partial charge < -0.3 is 10.0 Å². The number of hydrogen-bond donors (Lipinski definition) is 1. The third-order valence-electron chi connectivity index (χ3n) is 5.19. The van der Waals surface area contributed by atoms with E-state index in [2.05, 4.69) is 15.1 Å². The molecule has 0 radical (unpaired) electrons. The van der Waals surface area contributed by atoms with E-state index in [1.165, 1.54) is 0 Å². The molecular formula is C16H18F3N5O. The number of rotatable bonds is 2. The van der Waals surface area contributed by atoms with Crippen molar-refractivity contribution in [2.75, 3.05) is 18.0 Å². The van der Waals surface area contributed by atoms with Crippen LogP contribution in [0.4, 0.5) is 19.1 Å². The zero-order valence-corrected chi connectivity index (χ0v) is 13.3. The van der Waals surface area contributed by atoms with Crippen LogP contribution in [-0.2, 0) is 6.18 Å². The van der Waals surface area contributed by atoms with Crippen molar-refractivity contribution in [3.05, 3.63) is 36.4 Å². The number of alkyl halides is 3. The first-order valence-electron chi connectivity index (χ1n) is 8.24. The van der Waals surface area contributed by atoms with Gasteiger partial charge in [0.05, 0.1) is 12.1 Å². The van der Waals surface area contributed by atoms with E-state index in [1.807, 2.05) is 12.3 Å². The van der Waals surface area contributed by atoms with Crippen molar-refractivity contribution in [3.8, 4) is 0 Å². The SMILES string of the molecule is O[C@@H]1C[C@H]2CN(c3nccc(C(F)(F)F)n3)C[C@H]2C[C@H]1n1cccn1. The van der Waals surface area contributed by atoms with Gasteiger partial charge in [-0.2, -0.15) is 18.3 Å². The number of nitrogens with zero attached hydrogens (tertiary/aromatic N) is 5. The molecule has 2 aliphatic rings. The predicted molar refractivity (Wildman–Crippen MR) is 82.7 cm³/mol. The summed E-state index contributed by atoms with van der Waals surface area (Å²) >= 11 is 0. The molecule has 25 heavy (non-hydrogen) atoms. The predicted octanol–water partition coefficient (Wildman–Crippen LogP) is 2.14. The molecule has 1 aliphatic heterocycles. The Labute approximate surface area is 142 Å². The molecule has 9 heteroatoms. The van der Waals surface area contributed by atoms with Gasteiger partial charge in [-0.05, 0) is 36.8 Å². The lowest BCUT2D eigenvalue weighted by Gasteiger charge is -2.35. The Hall–Kier alpha value is -2.16. The minimum Gasteiger partial charge on any atom is -0.391 e. The summed E-state index contributed by atoms with van der Waals surface area (Å²) in [4.78, 5) is 9.49. The van der Waals surface area contributed by atoms with Crippen LogP contribution >= 0.6 is 0 Å². The molecule has 1 saturated heterocycles. The number of anilines is 1. The molecule has 1 aliphatic carbocycles. The van der Waals surface area contributed by atoms with Crippen LogP contribution in [0, 0.1) is 11.8 Å². The van der Waals surface area contributed by atoms with Gasteiger partial charge in [0.15, 0.2) is 0 Å². The largest absolute Gasteiger partial charge is 0.433 e. The lowest BCUT2D eigenvalue weighted by molar-refractivity contribution is -0.141. The van der Waals surface area contributed by atoms with E-state index in [4.69, 9.17) is 0 Å². The minimum absolute atomic E-state index is 0.0985. The monoisotopic (exact) mass is 353 g/mol. The molecule has 0 spiro atoms. The summed E-state index contributed by atoms with van der Waals surface area (Å²) in [5.74, 6) is 0.602. The van der Waals surface area contributed by atoms with Gasteiger partial charge in [-0.15, -0.1) is 0 Å². The summed E-state index contributed by atoms with van der Waals surface area (Å²) in [5.41, 5.74) is -0.929. The van der Waals surface area contributed by atoms with Gasteiger partial charge in [-0.1, -0.05) is 0 Å². The van der Waals surface area contributed by atoms with E-state index in [-0.39, 0.29) is 23.8 Å². The van der Waals surface area contributed by atoms with Gasteiger partial charge in [-0.3, -0.25) is 4.68 Å². The van der Waals surface area contributed by atoms with E-state index in [0.29, 0.717) is 19.5 Å². The van der Waals surface area contributed by atoms with E-state index in [1.54, 1.807) is 15.8 Å². The average Bonchev–Trinajstić information content (AvgIpc) is 3.22. The van der Waals surface area contributed by atoms with Crippen molar-refractivity contribution < 1.29 is 18.3 Å². The lowest BCUT2D eigenvalue weighted by Crippen LogP contribution is -2.36. The molecule has 0 unspecified atom stereocenters. The van der Waals surface area contributed by atoms with Crippen LogP contribution in [0.15, 0.2) is 30.7 Å². The Bertz CT molecular complexity index is 736. The Morgan fingerprint density at radius 3 is 2.56 bits per heavy atom. The quantitative estimate of drug-likeness (QED) is 0.896. The van der Waals surface area contributed by atoms with Gasteiger partial charge in [0.2, 0.25) is 5.95 Å². The standard InChI is InChI=1S/C16H18F3N5O/c17-16(18,19)14-2-4-20-15(22-14)23-8-10-6-12(24-5-1-3-21-24)13(25)7-11(10)9-23/h1-5,10-13,25H,6-9H2/t10-,11+,12-,13-/m1/s1. The lowest BCUT2D eigenvalue weighted by atomic mass is 9.77. The minimum atomic E-state index is -4.48. The number of hydrogen-bond acceptors (Lipinski definition) is 5. The zero-order valence-electron chi connectivity index (χ0n) is 13.3. The molecular weight excluding hydrogens is 335 g/mol. The Kier molecular flexibility index (Phi) is 3.90. The second-order valence-corrected chi connectivity index (χ2v) is 6.76. The second-order valence-electron chi connectivity index (χ2n) is 6.76. The van der Waals surface area contributed by atoms with E-state index in [9.17, 15) is 18.3 Å². The van der Waals surface area contributed by atoms with Gasteiger partial charge in [0.1, 0.15) is 5.69 Å². The van der Waals surface area contributed by atoms with Gasteiger partial charge >= 0.3 is 6.18 Å². The van der Waals surface area contributed by atoms with Crippen LogP contribution in [-0.4, -0.2) is 44.0 Å². The fourth-order valence-electron chi connectivity index (χ4n) is 3.99. The molecule has 4 rings (SSSR count). The molecule has 0 amide bonds. The summed E-state index contributed by atoms with van der Waals surface area (Å²) in [7, 11) is 0. The molecule has 0 bridgehead atoms. The third kappa shape index (κ3) is 3.08. The van der Waals surface area contributed by atoms with Crippen LogP contribution in [0.2, 0.25) is 0 Å². The third-order valence-corrected chi connectivity index (χ3v) is 5.19. The molecule has 2 aromatic rings. The maximum atomic E-state index is 12.9. The first-order chi connectivity index (χ1) is 11.9. The molecule has 3 heterocycles. The summed E-state index contributed by atoms with van der Waals surface area (Å²) in [5, 5.41) is 14.6. The molecule has 1 saturated carbocycles. The molecule has 0 aromatic carbocycles. The van der Waals surface area contributed by atoms with Crippen LogP contribution in [0.3, 0.4) is 0 Å². The number of aliphatic hydroxyl groups is 1. The van der Waals surface area contributed by atoms with Crippen LogP contribution in [0.25, 0.3) is 0 Å². The summed E-state index contributed by atoms with van der Waals surface area (Å²) in [6, 6.07) is 2.60. The maximum Gasteiger partial charge on any atom is 0.433 e. The molecule has 2 fully saturated rings. The van der Waals surface area contributed by atoms with Crippen LogP contribution in [0.1, 0.15) is 24.6 Å². The van der Waals surface area contributed by atoms with Crippen LogP contribution in [0.5, 0.6) is 0 Å². The first kappa shape index (κ1) is 16.3. The topological polar surface area (TPSA) is 67.1 Å².